The fourth-order valence-electron chi connectivity index (χ4n) is 3.06. The summed E-state index contributed by atoms with van der Waals surface area (Å²) in [4.78, 5) is 23.4. The van der Waals surface area contributed by atoms with Gasteiger partial charge < -0.3 is 18.9 Å². The zero-order chi connectivity index (χ0) is 28.8. The van der Waals surface area contributed by atoms with Crippen LogP contribution in [0.1, 0.15) is 34.3 Å². The summed E-state index contributed by atoms with van der Waals surface area (Å²) >= 11 is 0. The van der Waals surface area contributed by atoms with E-state index in [1.807, 2.05) is 0 Å². The molecule has 0 saturated carbocycles. The number of unbranched alkanes of at least 4 members (excludes halogenated alkanes) is 1. The topological polar surface area (TPSA) is 95.8 Å². The Hall–Kier alpha value is -4.93. The number of esters is 2. The highest BCUT2D eigenvalue weighted by molar-refractivity contribution is 5.91. The van der Waals surface area contributed by atoms with Crippen LogP contribution < -0.4 is 14.2 Å². The van der Waals surface area contributed by atoms with Crippen molar-refractivity contribution in [3.05, 3.63) is 102 Å². The third kappa shape index (κ3) is 10.8. The van der Waals surface area contributed by atoms with Gasteiger partial charge in [0.1, 0.15) is 17.2 Å². The van der Waals surface area contributed by atoms with Crippen molar-refractivity contribution >= 4 is 24.4 Å². The van der Waals surface area contributed by atoms with E-state index in [4.69, 9.17) is 14.2 Å². The lowest BCUT2D eigenvalue weighted by atomic mass is 10.2. The molecule has 0 bridgehead atoms. The Kier molecular flexibility index (Phi) is 11.0. The number of carbonyl (C=O) groups is 2. The van der Waals surface area contributed by atoms with Gasteiger partial charge in [-0.1, -0.05) is 6.58 Å². The van der Waals surface area contributed by atoms with Crippen LogP contribution in [0.4, 0.5) is 13.2 Å². The second-order valence-electron chi connectivity index (χ2n) is 8.02. The molecule has 0 aromatic heterocycles. The van der Waals surface area contributed by atoms with Gasteiger partial charge in [0.15, 0.2) is 0 Å². The van der Waals surface area contributed by atoms with Gasteiger partial charge in [-0.25, -0.2) is 9.59 Å². The molecule has 0 heterocycles. The second-order valence-corrected chi connectivity index (χ2v) is 8.02. The molecule has 0 saturated heterocycles. The predicted octanol–water partition coefficient (Wildman–Crippen LogP) is 6.15. The molecule has 0 amide bonds. The second kappa shape index (κ2) is 14.9. The zero-order valence-electron chi connectivity index (χ0n) is 21.2. The Balaban J connectivity index is 1.41. The minimum absolute atomic E-state index is 0.297. The highest BCUT2D eigenvalue weighted by Crippen LogP contribution is 2.22. The third-order valence-electron chi connectivity index (χ3n) is 4.99. The zero-order valence-corrected chi connectivity index (χ0v) is 21.2. The fraction of sp³-hybridized carbons (Fsp3) is 0.172. The van der Waals surface area contributed by atoms with Crippen LogP contribution >= 0.6 is 0 Å². The van der Waals surface area contributed by atoms with Crippen LogP contribution in [0, 0.1) is 0 Å². The Bertz CT molecular complexity index is 1320. The fourth-order valence-corrected chi connectivity index (χ4v) is 3.06. The van der Waals surface area contributed by atoms with E-state index in [0.717, 1.165) is 6.08 Å². The summed E-state index contributed by atoms with van der Waals surface area (Å²) in [5.41, 5.74) is 1.57. The van der Waals surface area contributed by atoms with Gasteiger partial charge in [0.05, 0.1) is 31.2 Å². The minimum Gasteiger partial charge on any atom is -0.494 e. The highest BCUT2D eigenvalue weighted by Gasteiger charge is 2.30. The van der Waals surface area contributed by atoms with E-state index in [-0.39, 0.29) is 5.75 Å². The standard InChI is InChI=1S/C29H25F3N2O6/c1-2-27(35)38-18-4-3-17-37-24-15-9-23(10-16-24)28(36)39-25-11-5-21(6-12-25)19-33-34-20-22-7-13-26(14-8-22)40-29(30,31)32/h2,5-16,19-20H,1,3-4,17-18H2/b33-19+,34-20+. The van der Waals surface area contributed by atoms with E-state index in [0.29, 0.717) is 54.2 Å². The normalized spacial score (nSPS) is 11.4. The van der Waals surface area contributed by atoms with E-state index in [1.54, 1.807) is 48.5 Å². The molecular formula is C29H25F3N2O6. The number of nitrogens with zero attached hydrogens (tertiary/aromatic N) is 2. The first-order chi connectivity index (χ1) is 19.2. The van der Waals surface area contributed by atoms with Gasteiger partial charge in [-0.05, 0) is 96.8 Å². The molecule has 40 heavy (non-hydrogen) atoms. The number of alkyl halides is 3. The van der Waals surface area contributed by atoms with Crippen molar-refractivity contribution < 1.29 is 41.7 Å². The molecule has 0 aliphatic carbocycles. The first-order valence-electron chi connectivity index (χ1n) is 12.0. The van der Waals surface area contributed by atoms with Crippen molar-refractivity contribution in [2.75, 3.05) is 13.2 Å². The van der Waals surface area contributed by atoms with Crippen LogP contribution in [0.25, 0.3) is 0 Å². The molecule has 8 nitrogen and oxygen atoms in total. The van der Waals surface area contributed by atoms with Crippen LogP contribution in [0.5, 0.6) is 17.2 Å². The van der Waals surface area contributed by atoms with Crippen molar-refractivity contribution in [3.63, 3.8) is 0 Å². The summed E-state index contributed by atoms with van der Waals surface area (Å²) in [6.45, 7) is 4.06. The van der Waals surface area contributed by atoms with E-state index in [9.17, 15) is 22.8 Å². The predicted molar refractivity (Wildman–Crippen MR) is 142 cm³/mol. The molecule has 3 aromatic carbocycles. The average Bonchev–Trinajstić information content (AvgIpc) is 2.94. The van der Waals surface area contributed by atoms with Crippen LogP contribution in [0.2, 0.25) is 0 Å². The molecule has 0 fully saturated rings. The van der Waals surface area contributed by atoms with Gasteiger partial charge in [0, 0.05) is 6.08 Å². The van der Waals surface area contributed by atoms with E-state index in [2.05, 4.69) is 21.5 Å². The van der Waals surface area contributed by atoms with Crippen molar-refractivity contribution in [1.29, 1.82) is 0 Å². The summed E-state index contributed by atoms with van der Waals surface area (Å²) in [6.07, 6.45) is 0.564. The number of hydrogen-bond donors (Lipinski definition) is 0. The quantitative estimate of drug-likeness (QED) is 0.0629. The largest absolute Gasteiger partial charge is 0.573 e. The SMILES string of the molecule is C=CC(=O)OCCCCOc1ccc(C(=O)Oc2ccc(/C=N/N=C/c3ccc(OC(F)(F)F)cc3)cc2)cc1. The Labute approximate surface area is 228 Å². The maximum absolute atomic E-state index is 12.4. The van der Waals surface area contributed by atoms with E-state index < -0.39 is 18.3 Å². The van der Waals surface area contributed by atoms with Crippen LogP contribution in [0.15, 0.2) is 95.7 Å². The molecule has 3 rings (SSSR count). The molecule has 0 radical (unpaired) electrons. The lowest BCUT2D eigenvalue weighted by Crippen LogP contribution is -2.16. The highest BCUT2D eigenvalue weighted by atomic mass is 19.4. The van der Waals surface area contributed by atoms with Gasteiger partial charge in [-0.15, -0.1) is 13.2 Å². The smallest absolute Gasteiger partial charge is 0.494 e. The van der Waals surface area contributed by atoms with Gasteiger partial charge >= 0.3 is 18.3 Å². The van der Waals surface area contributed by atoms with Gasteiger partial charge in [-0.2, -0.15) is 10.2 Å². The van der Waals surface area contributed by atoms with Gasteiger partial charge in [-0.3, -0.25) is 0 Å². The minimum atomic E-state index is -4.75. The number of rotatable bonds is 13. The average molecular weight is 555 g/mol. The lowest BCUT2D eigenvalue weighted by molar-refractivity contribution is -0.274. The number of halogens is 3. The van der Waals surface area contributed by atoms with E-state index in [1.165, 1.54) is 36.7 Å². The number of benzene rings is 3. The summed E-state index contributed by atoms with van der Waals surface area (Å²) in [5.74, 6) is -0.380. The lowest BCUT2D eigenvalue weighted by Gasteiger charge is -2.08. The Morgan fingerprint density at radius 3 is 1.82 bits per heavy atom. The molecule has 0 atom stereocenters. The molecule has 208 valence electrons. The van der Waals surface area contributed by atoms with E-state index >= 15 is 0 Å². The first-order valence-corrected chi connectivity index (χ1v) is 12.0. The molecule has 0 aliphatic rings. The maximum atomic E-state index is 12.4. The summed E-state index contributed by atoms with van der Waals surface area (Å²) in [7, 11) is 0. The molecule has 0 aliphatic heterocycles. The number of hydrogen-bond acceptors (Lipinski definition) is 8. The maximum Gasteiger partial charge on any atom is 0.573 e. The van der Waals surface area contributed by atoms with Crippen LogP contribution in [-0.2, 0) is 9.53 Å². The first kappa shape index (κ1) is 29.6. The van der Waals surface area contributed by atoms with Crippen molar-refractivity contribution in [1.82, 2.24) is 0 Å². The third-order valence-corrected chi connectivity index (χ3v) is 4.99. The number of ether oxygens (including phenoxy) is 4. The summed E-state index contributed by atoms with van der Waals surface area (Å²) in [6, 6.07) is 18.3. The molecule has 0 spiro atoms. The van der Waals surface area contributed by atoms with Gasteiger partial charge in [0.2, 0.25) is 0 Å². The van der Waals surface area contributed by atoms with Crippen molar-refractivity contribution in [2.45, 2.75) is 19.2 Å². The molecular weight excluding hydrogens is 529 g/mol. The van der Waals surface area contributed by atoms with Crippen molar-refractivity contribution in [2.24, 2.45) is 10.2 Å². The van der Waals surface area contributed by atoms with Crippen molar-refractivity contribution in [3.8, 4) is 17.2 Å². The monoisotopic (exact) mass is 554 g/mol. The molecule has 3 aromatic rings. The van der Waals surface area contributed by atoms with Crippen LogP contribution in [-0.4, -0.2) is 43.9 Å². The van der Waals surface area contributed by atoms with Gasteiger partial charge in [0.25, 0.3) is 0 Å². The molecule has 0 N–H and O–H groups in total. The molecule has 0 unspecified atom stereocenters. The Morgan fingerprint density at radius 1 is 0.750 bits per heavy atom. The number of carbonyl (C=O) groups excluding carboxylic acids is 2. The molecule has 11 heteroatoms. The van der Waals surface area contributed by atoms with Crippen LogP contribution in [0.3, 0.4) is 0 Å². The Morgan fingerprint density at radius 2 is 1.27 bits per heavy atom. The summed E-state index contributed by atoms with van der Waals surface area (Å²) in [5, 5.41) is 7.77. The summed E-state index contributed by atoms with van der Waals surface area (Å²) < 4.78 is 56.3.